The number of hydrogen-bond donors (Lipinski definition) is 2. The first kappa shape index (κ1) is 18.1. The molecule has 1 amide bonds. The molecule has 1 atom stereocenters. The van der Waals surface area contributed by atoms with Crippen LogP contribution in [0.1, 0.15) is 48.1 Å². The highest BCUT2D eigenvalue weighted by Gasteiger charge is 2.35. The van der Waals surface area contributed by atoms with Crippen molar-refractivity contribution < 1.29 is 9.53 Å². The number of fused-ring (bicyclic) bond motifs is 1. The van der Waals surface area contributed by atoms with E-state index in [1.807, 2.05) is 40.0 Å². The summed E-state index contributed by atoms with van der Waals surface area (Å²) in [4.78, 5) is 12.5. The van der Waals surface area contributed by atoms with Crippen molar-refractivity contribution >= 4 is 24.0 Å². The lowest BCUT2D eigenvalue weighted by atomic mass is 9.89. The van der Waals surface area contributed by atoms with E-state index in [9.17, 15) is 4.79 Å². The molecule has 1 aromatic heterocycles. The largest absolute Gasteiger partial charge is 0.487 e. The van der Waals surface area contributed by atoms with Crippen molar-refractivity contribution in [2.75, 3.05) is 5.73 Å². The fourth-order valence-electron chi connectivity index (χ4n) is 2.91. The first-order valence-electron chi connectivity index (χ1n) is 7.65. The maximum atomic E-state index is 12.5. The summed E-state index contributed by atoms with van der Waals surface area (Å²) in [7, 11) is 1.82. The molecular formula is C17H23ClN4O2. The van der Waals surface area contributed by atoms with Crippen molar-refractivity contribution in [1.29, 1.82) is 0 Å². The lowest BCUT2D eigenvalue weighted by Crippen LogP contribution is -2.41. The van der Waals surface area contributed by atoms with Gasteiger partial charge in [-0.1, -0.05) is 0 Å². The molecule has 1 aliphatic rings. The van der Waals surface area contributed by atoms with Gasteiger partial charge in [0.25, 0.3) is 5.91 Å². The number of anilines is 1. The molecule has 2 aromatic rings. The van der Waals surface area contributed by atoms with Crippen LogP contribution >= 0.6 is 12.4 Å². The molecule has 0 aliphatic carbocycles. The maximum Gasteiger partial charge on any atom is 0.272 e. The van der Waals surface area contributed by atoms with Gasteiger partial charge in [0.05, 0.1) is 6.04 Å². The van der Waals surface area contributed by atoms with Gasteiger partial charge >= 0.3 is 0 Å². The summed E-state index contributed by atoms with van der Waals surface area (Å²) in [5.74, 6) is 0.572. The Hall–Kier alpha value is -2.21. The number of aromatic nitrogens is 2. The molecule has 3 rings (SSSR count). The topological polar surface area (TPSA) is 82.2 Å². The first-order valence-corrected chi connectivity index (χ1v) is 7.65. The quantitative estimate of drug-likeness (QED) is 0.816. The second-order valence-corrected chi connectivity index (χ2v) is 6.68. The molecule has 0 fully saturated rings. The molecular weight excluding hydrogens is 328 g/mol. The van der Waals surface area contributed by atoms with E-state index in [2.05, 4.69) is 10.4 Å². The molecule has 0 bridgehead atoms. The number of nitrogens with two attached hydrogens (primary N) is 1. The van der Waals surface area contributed by atoms with Gasteiger partial charge in [0, 0.05) is 30.4 Å². The average molecular weight is 351 g/mol. The number of hydrogen-bond acceptors (Lipinski definition) is 4. The maximum absolute atomic E-state index is 12.5. The van der Waals surface area contributed by atoms with Crippen molar-refractivity contribution in [1.82, 2.24) is 15.1 Å². The van der Waals surface area contributed by atoms with E-state index in [0.717, 1.165) is 17.0 Å². The Morgan fingerprint density at radius 3 is 2.75 bits per heavy atom. The van der Waals surface area contributed by atoms with E-state index in [1.54, 1.807) is 16.8 Å². The van der Waals surface area contributed by atoms with E-state index in [1.165, 1.54) is 0 Å². The second-order valence-electron chi connectivity index (χ2n) is 6.68. The van der Waals surface area contributed by atoms with Crippen molar-refractivity contribution in [3.8, 4) is 5.75 Å². The minimum Gasteiger partial charge on any atom is -0.487 e. The molecule has 1 unspecified atom stereocenters. The Bertz CT molecular complexity index is 750. The number of nitrogens with one attached hydrogen (secondary N) is 1. The molecule has 1 aromatic carbocycles. The summed E-state index contributed by atoms with van der Waals surface area (Å²) in [5, 5.41) is 7.30. The van der Waals surface area contributed by atoms with Gasteiger partial charge in [0.2, 0.25) is 0 Å². The average Bonchev–Trinajstić information content (AvgIpc) is 2.79. The highest BCUT2D eigenvalue weighted by atomic mass is 35.5. The predicted octanol–water partition coefficient (Wildman–Crippen LogP) is 2.76. The monoisotopic (exact) mass is 350 g/mol. The Labute approximate surface area is 147 Å². The molecule has 130 valence electrons. The standard InChI is InChI=1S/C17H22N4O2.ClH/c1-10-7-13(20-21(10)4)16(22)19-14-9-17(2,3)23-15-6-5-11(18)8-12(14)15;/h5-8,14H,9,18H2,1-4H3,(H,19,22);1H. The van der Waals surface area contributed by atoms with Crippen LogP contribution in [0.2, 0.25) is 0 Å². The lowest BCUT2D eigenvalue weighted by molar-refractivity contribution is 0.0618. The van der Waals surface area contributed by atoms with Gasteiger partial charge in [-0.05, 0) is 45.0 Å². The molecule has 0 saturated heterocycles. The number of carbonyl (C=O) groups excluding carboxylic acids is 1. The molecule has 2 heterocycles. The summed E-state index contributed by atoms with van der Waals surface area (Å²) in [6.45, 7) is 5.93. The van der Waals surface area contributed by atoms with Crippen LogP contribution in [-0.2, 0) is 7.05 Å². The molecule has 0 saturated carbocycles. The molecule has 1 aliphatic heterocycles. The summed E-state index contributed by atoms with van der Waals surface area (Å²) in [5.41, 5.74) is 8.45. The van der Waals surface area contributed by atoms with Gasteiger partial charge in [-0.25, -0.2) is 0 Å². The Balaban J connectivity index is 0.00000208. The van der Waals surface area contributed by atoms with Crippen molar-refractivity contribution in [3.63, 3.8) is 0 Å². The summed E-state index contributed by atoms with van der Waals surface area (Å²) in [6, 6.07) is 7.14. The Morgan fingerprint density at radius 2 is 2.12 bits per heavy atom. The number of halogens is 1. The fraction of sp³-hybridized carbons (Fsp3) is 0.412. The van der Waals surface area contributed by atoms with E-state index in [-0.39, 0.29) is 30.0 Å². The number of amides is 1. The molecule has 3 N–H and O–H groups in total. The first-order chi connectivity index (χ1) is 10.7. The van der Waals surface area contributed by atoms with Gasteiger partial charge in [0.1, 0.15) is 17.0 Å². The zero-order valence-electron chi connectivity index (χ0n) is 14.3. The minimum atomic E-state index is -0.360. The summed E-state index contributed by atoms with van der Waals surface area (Å²) < 4.78 is 7.68. The van der Waals surface area contributed by atoms with Crippen molar-refractivity contribution in [3.05, 3.63) is 41.2 Å². The lowest BCUT2D eigenvalue weighted by Gasteiger charge is -2.38. The van der Waals surface area contributed by atoms with E-state index in [4.69, 9.17) is 10.5 Å². The normalized spacial score (nSPS) is 18.1. The molecule has 7 heteroatoms. The number of carbonyl (C=O) groups is 1. The fourth-order valence-corrected chi connectivity index (χ4v) is 2.91. The number of nitrogens with zero attached hydrogens (tertiary/aromatic N) is 2. The van der Waals surface area contributed by atoms with Crippen LogP contribution in [0, 0.1) is 6.92 Å². The van der Waals surface area contributed by atoms with E-state index in [0.29, 0.717) is 17.8 Å². The third-order valence-electron chi connectivity index (χ3n) is 4.14. The number of nitrogen functional groups attached to an aromatic ring is 1. The van der Waals surface area contributed by atoms with Crippen LogP contribution < -0.4 is 15.8 Å². The van der Waals surface area contributed by atoms with Crippen LogP contribution in [0.25, 0.3) is 0 Å². The zero-order valence-corrected chi connectivity index (χ0v) is 15.1. The molecule has 24 heavy (non-hydrogen) atoms. The van der Waals surface area contributed by atoms with Crippen molar-refractivity contribution in [2.24, 2.45) is 7.05 Å². The second kappa shape index (κ2) is 6.36. The number of benzene rings is 1. The van der Waals surface area contributed by atoms with Crippen LogP contribution in [-0.4, -0.2) is 21.3 Å². The number of aryl methyl sites for hydroxylation is 2. The summed E-state index contributed by atoms with van der Waals surface area (Å²) >= 11 is 0. The predicted molar refractivity (Wildman–Crippen MR) is 95.6 cm³/mol. The molecule has 0 spiro atoms. The van der Waals surface area contributed by atoms with Crippen LogP contribution in [0.4, 0.5) is 5.69 Å². The Morgan fingerprint density at radius 1 is 1.42 bits per heavy atom. The highest BCUT2D eigenvalue weighted by molar-refractivity contribution is 5.92. The zero-order chi connectivity index (χ0) is 16.8. The Kier molecular flexibility index (Phi) is 4.80. The number of ether oxygens (including phenoxy) is 1. The van der Waals surface area contributed by atoms with Gasteiger partial charge in [0.15, 0.2) is 0 Å². The minimum absolute atomic E-state index is 0. The van der Waals surface area contributed by atoms with Gasteiger partial charge in [-0.3, -0.25) is 9.48 Å². The smallest absolute Gasteiger partial charge is 0.272 e. The third-order valence-corrected chi connectivity index (χ3v) is 4.14. The molecule has 6 nitrogen and oxygen atoms in total. The summed E-state index contributed by atoms with van der Waals surface area (Å²) in [6.07, 6.45) is 0.668. The van der Waals surface area contributed by atoms with Gasteiger partial charge in [-0.2, -0.15) is 5.10 Å². The van der Waals surface area contributed by atoms with E-state index < -0.39 is 0 Å². The van der Waals surface area contributed by atoms with Crippen LogP contribution in [0.3, 0.4) is 0 Å². The highest BCUT2D eigenvalue weighted by Crippen LogP contribution is 2.40. The third kappa shape index (κ3) is 3.48. The van der Waals surface area contributed by atoms with Gasteiger partial charge < -0.3 is 15.8 Å². The van der Waals surface area contributed by atoms with Gasteiger partial charge in [-0.15, -0.1) is 12.4 Å². The number of rotatable bonds is 2. The molecule has 0 radical (unpaired) electrons. The SMILES string of the molecule is Cc1cc(C(=O)NC2CC(C)(C)Oc3ccc(N)cc32)nn1C.Cl. The van der Waals surface area contributed by atoms with Crippen LogP contribution in [0.15, 0.2) is 24.3 Å². The van der Waals surface area contributed by atoms with Crippen molar-refractivity contribution in [2.45, 2.75) is 38.8 Å². The van der Waals surface area contributed by atoms with Crippen LogP contribution in [0.5, 0.6) is 5.75 Å². The van der Waals surface area contributed by atoms with E-state index >= 15 is 0 Å².